The molecule has 4 heteroatoms. The molecule has 0 aromatic carbocycles. The molecule has 0 atom stereocenters. The summed E-state index contributed by atoms with van der Waals surface area (Å²) in [6.45, 7) is 0. The van der Waals surface area contributed by atoms with E-state index in [0.717, 1.165) is 0 Å². The van der Waals surface area contributed by atoms with Crippen molar-refractivity contribution < 1.29 is 0 Å². The maximum atomic E-state index is 2.74. The molecule has 0 aromatic heterocycles. The molecule has 0 spiro atoms. The fourth-order valence-corrected chi connectivity index (χ4v) is 59.0. The van der Waals surface area contributed by atoms with Crippen molar-refractivity contribution in [3.8, 4) is 0 Å². The third-order valence-corrected chi connectivity index (χ3v) is 30.0. The van der Waals surface area contributed by atoms with Crippen molar-refractivity contribution >= 4 is 90.8 Å². The Morgan fingerprint density at radius 2 is 0.750 bits per heavy atom. The molecule has 0 nitrogen and oxygen atoms in total. The van der Waals surface area contributed by atoms with Gasteiger partial charge in [0.05, 0.1) is 0 Å². The molecule has 4 radical (unpaired) electrons. The monoisotopic (exact) mass is 532 g/mol. The third-order valence-electron chi connectivity index (χ3n) is 0.667. The van der Waals surface area contributed by atoms with Gasteiger partial charge in [-0.15, -0.1) is 0 Å². The Morgan fingerprint density at radius 1 is 0.500 bits per heavy atom. The van der Waals surface area contributed by atoms with Crippen molar-refractivity contribution in [3.63, 3.8) is 0 Å². The van der Waals surface area contributed by atoms with Crippen LogP contribution < -0.4 is 0 Å². The van der Waals surface area contributed by atoms with Gasteiger partial charge in [0.1, 0.15) is 0 Å². The first kappa shape index (κ1) is 8.77. The maximum absolute atomic E-state index is 2.74. The second-order valence-electron chi connectivity index (χ2n) is 1.24. The van der Waals surface area contributed by atoms with Crippen molar-refractivity contribution in [2.45, 2.75) is 0 Å². The second-order valence-corrected chi connectivity index (χ2v) is 30.5. The molecule has 0 aliphatic carbocycles. The summed E-state index contributed by atoms with van der Waals surface area (Å²) in [6.07, 6.45) is 0. The predicted octanol–water partition coefficient (Wildman–Crippen LogP) is -2.14. The molecule has 36 valence electrons. The molecule has 8 heavy (non-hydrogen) atoms. The Kier molecular flexibility index (Phi) is 7.00. The van der Waals surface area contributed by atoms with Gasteiger partial charge in [0.15, 0.2) is 0 Å². The zero-order chi connectivity index (χ0) is 5.66. The van der Waals surface area contributed by atoms with Crippen LogP contribution in [0.15, 0.2) is 0 Å². The molecular weight excluding hydrogens is 523 g/mol. The zero-order valence-corrected chi connectivity index (χ0v) is 15.7. The van der Waals surface area contributed by atoms with Gasteiger partial charge in [-0.05, 0) is 0 Å². The van der Waals surface area contributed by atoms with Gasteiger partial charge in [-0.1, -0.05) is 0 Å². The van der Waals surface area contributed by atoms with E-state index in [-0.39, 0.29) is 82.7 Å². The van der Waals surface area contributed by atoms with E-state index in [1.807, 2.05) is 0 Å². The molecule has 1 aliphatic rings. The summed E-state index contributed by atoms with van der Waals surface area (Å²) in [6, 6.07) is 0. The summed E-state index contributed by atoms with van der Waals surface area (Å²) in [5.41, 5.74) is 0. The average Bonchev–Trinajstić information content (AvgIpc) is 1.62. The minimum atomic E-state index is 0.0825. The van der Waals surface area contributed by atoms with Crippen LogP contribution in [0.1, 0.15) is 0 Å². The Labute approximate surface area is 88.6 Å². The van der Waals surface area contributed by atoms with E-state index in [2.05, 4.69) is 8.15 Å². The first-order valence-electron chi connectivity index (χ1n) is 2.31. The standard InChI is InChI=1S/4CH.4Sn/h4*1H;;;;. The molecule has 0 fully saturated rings. The van der Waals surface area contributed by atoms with E-state index < -0.39 is 0 Å². The summed E-state index contributed by atoms with van der Waals surface area (Å²) in [7, 11) is 0. The van der Waals surface area contributed by atoms with Gasteiger partial charge >= 0.3 is 90.8 Å². The van der Waals surface area contributed by atoms with Crippen LogP contribution in [0.5, 0.6) is 0 Å². The van der Waals surface area contributed by atoms with E-state index in [1.165, 1.54) is 0 Å². The molecule has 0 amide bonds. The predicted molar refractivity (Wildman–Crippen MR) is 47.3 cm³/mol. The van der Waals surface area contributed by atoms with Crippen LogP contribution in [0.4, 0.5) is 0 Å². The topological polar surface area (TPSA) is 0 Å². The number of hydrogen-bond donors (Lipinski definition) is 0. The fourth-order valence-electron chi connectivity index (χ4n) is 0.359. The van der Waals surface area contributed by atoms with Crippen LogP contribution in [0.2, 0.25) is 0 Å². The van der Waals surface area contributed by atoms with Gasteiger partial charge in [0.25, 0.3) is 0 Å². The third kappa shape index (κ3) is 4.48. The van der Waals surface area contributed by atoms with E-state index in [1.54, 1.807) is 0 Å². The molecule has 0 saturated carbocycles. The van der Waals surface area contributed by atoms with Gasteiger partial charge < -0.3 is 0 Å². The van der Waals surface area contributed by atoms with Crippen LogP contribution in [0.25, 0.3) is 0 Å². The molecule has 0 N–H and O–H groups in total. The van der Waals surface area contributed by atoms with Gasteiger partial charge in [0, 0.05) is 0 Å². The molecule has 0 bridgehead atoms. The number of rotatable bonds is 0. The van der Waals surface area contributed by atoms with Crippen LogP contribution in [-0.2, 0) is 0 Å². The molecule has 0 aromatic rings. The SMILES string of the molecule is [CH]1=[Sn][CH]=[Sn][CH]=[Sn][CH]=[Sn]1. The second kappa shape index (κ2) is 6.39. The quantitative estimate of drug-likeness (QED) is 0.316. The summed E-state index contributed by atoms with van der Waals surface area (Å²) < 4.78 is 11.0. The van der Waals surface area contributed by atoms with Crippen LogP contribution in [0.3, 0.4) is 0 Å². The average molecular weight is 527 g/mol. The Morgan fingerprint density at radius 3 is 1.00 bits per heavy atom. The minimum absolute atomic E-state index is 0.0825. The van der Waals surface area contributed by atoms with E-state index >= 15 is 0 Å². The van der Waals surface area contributed by atoms with Crippen molar-refractivity contribution in [2.24, 2.45) is 0 Å². The van der Waals surface area contributed by atoms with Crippen molar-refractivity contribution in [3.05, 3.63) is 0 Å². The van der Waals surface area contributed by atoms with Crippen molar-refractivity contribution in [1.29, 1.82) is 0 Å². The first-order valence-corrected chi connectivity index (χ1v) is 15.5. The first-order chi connectivity index (χ1) is 4.00. The Balaban J connectivity index is 2.67. The van der Waals surface area contributed by atoms with E-state index in [0.29, 0.717) is 0 Å². The molecule has 1 heterocycles. The van der Waals surface area contributed by atoms with Gasteiger partial charge in [-0.2, -0.15) is 0 Å². The van der Waals surface area contributed by atoms with Crippen molar-refractivity contribution in [1.82, 2.24) is 0 Å². The molecule has 0 unspecified atom stereocenters. The van der Waals surface area contributed by atoms with Gasteiger partial charge in [0.2, 0.25) is 0 Å². The zero-order valence-electron chi connectivity index (χ0n) is 4.31. The summed E-state index contributed by atoms with van der Waals surface area (Å²) in [4.78, 5) is 0. The van der Waals surface area contributed by atoms with Crippen LogP contribution in [-0.4, -0.2) is 90.8 Å². The summed E-state index contributed by atoms with van der Waals surface area (Å²) in [5, 5.41) is 0. The fraction of sp³-hybridized carbons (Fsp3) is 0. The normalized spacial score (nSPS) is 16.0. The van der Waals surface area contributed by atoms with Gasteiger partial charge in [-0.3, -0.25) is 0 Å². The van der Waals surface area contributed by atoms with E-state index in [9.17, 15) is 0 Å². The van der Waals surface area contributed by atoms with Gasteiger partial charge in [-0.25, -0.2) is 0 Å². The van der Waals surface area contributed by atoms with Crippen molar-refractivity contribution in [2.75, 3.05) is 0 Å². The molecular formula is C4H4Sn4. The molecule has 0 saturated heterocycles. The summed E-state index contributed by atoms with van der Waals surface area (Å²) >= 11 is 0.330. The Hall–Kier alpha value is 2.67. The number of hydrogen-bond acceptors (Lipinski definition) is 0. The van der Waals surface area contributed by atoms with Crippen LogP contribution >= 0.6 is 0 Å². The summed E-state index contributed by atoms with van der Waals surface area (Å²) in [5.74, 6) is 0. The Bertz CT molecular complexity index is 109. The van der Waals surface area contributed by atoms with E-state index in [4.69, 9.17) is 0 Å². The van der Waals surface area contributed by atoms with Crippen LogP contribution in [0, 0.1) is 0 Å². The molecule has 1 aliphatic heterocycles. The molecule has 1 rings (SSSR count).